The van der Waals surface area contributed by atoms with Crippen molar-refractivity contribution < 1.29 is 17.9 Å². The molecule has 1 aromatic rings. The lowest BCUT2D eigenvalue weighted by atomic mass is 9.83. The largest absolute Gasteiger partial charge is 0.377 e. The highest BCUT2D eigenvalue weighted by Gasteiger charge is 2.36. The Morgan fingerprint density at radius 1 is 1.22 bits per heavy atom. The van der Waals surface area contributed by atoms with Gasteiger partial charge < -0.3 is 10.1 Å². The molecule has 0 bridgehead atoms. The third-order valence-electron chi connectivity index (χ3n) is 4.94. The Morgan fingerprint density at radius 2 is 1.93 bits per heavy atom. The highest BCUT2D eigenvalue weighted by molar-refractivity contribution is 7.90. The fraction of sp³-hybridized carbons (Fsp3) is 0.650. The van der Waals surface area contributed by atoms with Crippen molar-refractivity contribution in [1.29, 1.82) is 0 Å². The van der Waals surface area contributed by atoms with E-state index in [1.807, 2.05) is 37.3 Å². The molecule has 0 aromatic heterocycles. The van der Waals surface area contributed by atoms with E-state index in [9.17, 15) is 13.2 Å². The van der Waals surface area contributed by atoms with Crippen molar-refractivity contribution in [3.63, 3.8) is 0 Å². The molecule has 1 aliphatic rings. The number of ether oxygens (including phenoxy) is 1. The monoisotopic (exact) mass is 396 g/mol. The summed E-state index contributed by atoms with van der Waals surface area (Å²) in [6, 6.07) is 9.52. The van der Waals surface area contributed by atoms with Crippen LogP contribution in [0.5, 0.6) is 0 Å². The quantitative estimate of drug-likeness (QED) is 0.672. The zero-order valence-electron chi connectivity index (χ0n) is 16.5. The van der Waals surface area contributed by atoms with Crippen LogP contribution in [0.1, 0.15) is 52.0 Å². The summed E-state index contributed by atoms with van der Waals surface area (Å²) >= 11 is 0. The normalized spacial score (nSPS) is 23.3. The molecule has 0 spiro atoms. The molecule has 0 unspecified atom stereocenters. The predicted octanol–water partition coefficient (Wildman–Crippen LogP) is 2.59. The molecule has 0 radical (unpaired) electrons. The smallest absolute Gasteiger partial charge is 0.223 e. The Morgan fingerprint density at radius 3 is 2.56 bits per heavy atom. The summed E-state index contributed by atoms with van der Waals surface area (Å²) in [4.78, 5) is 12.6. The van der Waals surface area contributed by atoms with Gasteiger partial charge in [-0.25, -0.2) is 13.1 Å². The molecule has 27 heavy (non-hydrogen) atoms. The minimum absolute atomic E-state index is 0.00844. The van der Waals surface area contributed by atoms with Gasteiger partial charge in [0.25, 0.3) is 0 Å². The molecule has 3 atom stereocenters. The Bertz CT molecular complexity index is 691. The Hall–Kier alpha value is -1.44. The second-order valence-electron chi connectivity index (χ2n) is 7.44. The fourth-order valence-electron chi connectivity index (χ4n) is 3.23. The second kappa shape index (κ2) is 10.2. The van der Waals surface area contributed by atoms with Crippen LogP contribution in [-0.4, -0.2) is 38.3 Å². The van der Waals surface area contributed by atoms with Crippen molar-refractivity contribution >= 4 is 15.9 Å². The highest BCUT2D eigenvalue weighted by atomic mass is 32.2. The lowest BCUT2D eigenvalue weighted by molar-refractivity contribution is -0.128. The maximum absolute atomic E-state index is 12.6. The van der Waals surface area contributed by atoms with Gasteiger partial charge in [-0.15, -0.1) is 0 Å². The molecule has 1 aromatic carbocycles. The van der Waals surface area contributed by atoms with E-state index in [0.29, 0.717) is 32.4 Å². The first-order valence-corrected chi connectivity index (χ1v) is 11.3. The van der Waals surface area contributed by atoms with Crippen LogP contribution in [0.4, 0.5) is 0 Å². The molecule has 2 N–H and O–H groups in total. The van der Waals surface area contributed by atoms with E-state index in [1.165, 1.54) is 0 Å². The standard InChI is InChI=1S/C20H32N2O4S/c1-4-12-26-19-13-17(10-11-18(19)22-27(24,25)15(2)3)20(23)21-14-16-8-6-5-7-9-16/h5-9,15,17-19,22H,4,10-14H2,1-3H3,(H,21,23)/t17-,18-,19-/m0/s1. The maximum Gasteiger partial charge on any atom is 0.223 e. The van der Waals surface area contributed by atoms with Crippen molar-refractivity contribution in [1.82, 2.24) is 10.0 Å². The van der Waals surface area contributed by atoms with Crippen LogP contribution in [0.2, 0.25) is 0 Å². The Balaban J connectivity index is 1.96. The first-order valence-electron chi connectivity index (χ1n) is 9.77. The van der Waals surface area contributed by atoms with Gasteiger partial charge >= 0.3 is 0 Å². The molecule has 0 aliphatic heterocycles. The molecule has 0 heterocycles. The summed E-state index contributed by atoms with van der Waals surface area (Å²) in [7, 11) is -3.37. The summed E-state index contributed by atoms with van der Waals surface area (Å²) in [5, 5.41) is 2.50. The van der Waals surface area contributed by atoms with Gasteiger partial charge in [0.1, 0.15) is 0 Å². The van der Waals surface area contributed by atoms with Crippen LogP contribution < -0.4 is 10.0 Å². The number of benzene rings is 1. The Labute approximate surface area is 163 Å². The van der Waals surface area contributed by atoms with E-state index >= 15 is 0 Å². The summed E-state index contributed by atoms with van der Waals surface area (Å²) in [5.41, 5.74) is 1.06. The molecule has 0 saturated heterocycles. The number of amides is 1. The third kappa shape index (κ3) is 6.59. The number of nitrogens with one attached hydrogen (secondary N) is 2. The van der Waals surface area contributed by atoms with Crippen LogP contribution in [0.15, 0.2) is 30.3 Å². The summed E-state index contributed by atoms with van der Waals surface area (Å²) in [6.07, 6.45) is 2.36. The average molecular weight is 397 g/mol. The maximum atomic E-state index is 12.6. The SMILES string of the molecule is CCCO[C@H]1C[C@@H](C(=O)NCc2ccccc2)CC[C@@H]1NS(=O)(=O)C(C)C. The molecule has 1 saturated carbocycles. The van der Waals surface area contributed by atoms with E-state index in [4.69, 9.17) is 4.74 Å². The molecular weight excluding hydrogens is 364 g/mol. The number of hydrogen-bond donors (Lipinski definition) is 2. The molecule has 6 nitrogen and oxygen atoms in total. The minimum Gasteiger partial charge on any atom is -0.377 e. The van der Waals surface area contributed by atoms with E-state index < -0.39 is 15.3 Å². The topological polar surface area (TPSA) is 84.5 Å². The van der Waals surface area contributed by atoms with Gasteiger partial charge in [-0.1, -0.05) is 37.3 Å². The van der Waals surface area contributed by atoms with Gasteiger partial charge in [0, 0.05) is 25.1 Å². The number of sulfonamides is 1. The summed E-state index contributed by atoms with van der Waals surface area (Å²) in [5.74, 6) is -0.149. The van der Waals surface area contributed by atoms with E-state index in [1.54, 1.807) is 13.8 Å². The van der Waals surface area contributed by atoms with Gasteiger partial charge in [-0.3, -0.25) is 4.79 Å². The number of carbonyl (C=O) groups is 1. The van der Waals surface area contributed by atoms with Crippen molar-refractivity contribution in [2.24, 2.45) is 5.92 Å². The van der Waals surface area contributed by atoms with Gasteiger partial charge in [-0.05, 0) is 45.1 Å². The first-order chi connectivity index (χ1) is 12.8. The summed E-state index contributed by atoms with van der Waals surface area (Å²) in [6.45, 7) is 6.39. The number of carbonyl (C=O) groups excluding carboxylic acids is 1. The average Bonchev–Trinajstić information content (AvgIpc) is 2.65. The van der Waals surface area contributed by atoms with Crippen molar-refractivity contribution in [3.8, 4) is 0 Å². The summed E-state index contributed by atoms with van der Waals surface area (Å²) < 4.78 is 33.2. The third-order valence-corrected chi connectivity index (χ3v) is 6.82. The van der Waals surface area contributed by atoms with Gasteiger partial charge in [0.2, 0.25) is 15.9 Å². The fourth-order valence-corrected chi connectivity index (χ4v) is 4.20. The van der Waals surface area contributed by atoms with Crippen molar-refractivity contribution in [3.05, 3.63) is 35.9 Å². The number of hydrogen-bond acceptors (Lipinski definition) is 4. The van der Waals surface area contributed by atoms with Crippen molar-refractivity contribution in [2.75, 3.05) is 6.61 Å². The zero-order chi connectivity index (χ0) is 19.9. The van der Waals surface area contributed by atoms with Crippen LogP contribution in [-0.2, 0) is 26.1 Å². The minimum atomic E-state index is -3.37. The zero-order valence-corrected chi connectivity index (χ0v) is 17.3. The number of rotatable bonds is 9. The van der Waals surface area contributed by atoms with E-state index in [2.05, 4.69) is 10.0 Å². The lowest BCUT2D eigenvalue weighted by Gasteiger charge is -2.36. The molecule has 2 rings (SSSR count). The van der Waals surface area contributed by atoms with Gasteiger partial charge in [0.15, 0.2) is 0 Å². The molecule has 1 aliphatic carbocycles. The van der Waals surface area contributed by atoms with E-state index in [0.717, 1.165) is 12.0 Å². The van der Waals surface area contributed by atoms with Crippen LogP contribution in [0.3, 0.4) is 0 Å². The first kappa shape index (κ1) is 21.9. The molecule has 7 heteroatoms. The van der Waals surface area contributed by atoms with Crippen LogP contribution in [0, 0.1) is 5.92 Å². The molecule has 152 valence electrons. The van der Waals surface area contributed by atoms with Crippen LogP contribution >= 0.6 is 0 Å². The van der Waals surface area contributed by atoms with Crippen molar-refractivity contribution in [2.45, 2.75) is 70.4 Å². The Kier molecular flexibility index (Phi) is 8.26. The second-order valence-corrected chi connectivity index (χ2v) is 9.71. The van der Waals surface area contributed by atoms with Gasteiger partial charge in [0.05, 0.1) is 11.4 Å². The van der Waals surface area contributed by atoms with E-state index in [-0.39, 0.29) is 24.0 Å². The molecule has 1 fully saturated rings. The highest BCUT2D eigenvalue weighted by Crippen LogP contribution is 2.28. The lowest BCUT2D eigenvalue weighted by Crippen LogP contribution is -2.51. The predicted molar refractivity (Wildman–Crippen MR) is 107 cm³/mol. The van der Waals surface area contributed by atoms with Crippen LogP contribution in [0.25, 0.3) is 0 Å². The molecule has 1 amide bonds. The molecular formula is C20H32N2O4S. The van der Waals surface area contributed by atoms with Gasteiger partial charge in [-0.2, -0.15) is 0 Å².